The number of pyridine rings is 1. The molecule has 9 nitrogen and oxygen atoms in total. The van der Waals surface area contributed by atoms with E-state index >= 15 is 0 Å². The van der Waals surface area contributed by atoms with Gasteiger partial charge in [-0.2, -0.15) is 0 Å². The quantitative estimate of drug-likeness (QED) is 0.455. The zero-order valence-corrected chi connectivity index (χ0v) is 19.8. The highest BCUT2D eigenvalue weighted by molar-refractivity contribution is 5.79. The Morgan fingerprint density at radius 3 is 2.66 bits per heavy atom. The van der Waals surface area contributed by atoms with Crippen molar-refractivity contribution in [2.75, 3.05) is 36.0 Å². The summed E-state index contributed by atoms with van der Waals surface area (Å²) in [6.07, 6.45) is 8.00. The fourth-order valence-corrected chi connectivity index (χ4v) is 5.28. The first-order valence-electron chi connectivity index (χ1n) is 12.1. The average molecular weight is 469 g/mol. The minimum Gasteiger partial charge on any atom is -0.367 e. The first-order chi connectivity index (χ1) is 17.2. The minimum atomic E-state index is 0.101. The summed E-state index contributed by atoms with van der Waals surface area (Å²) in [4.78, 5) is 37.5. The number of carbonyl (C=O) groups is 1. The molecule has 2 aliphatic rings. The molecule has 0 unspecified atom stereocenters. The van der Waals surface area contributed by atoms with Crippen LogP contribution in [0.3, 0.4) is 0 Å². The van der Waals surface area contributed by atoms with Crippen molar-refractivity contribution in [2.45, 2.75) is 32.5 Å². The molecule has 0 aliphatic carbocycles. The van der Waals surface area contributed by atoms with Gasteiger partial charge < -0.3 is 19.3 Å². The lowest BCUT2D eigenvalue weighted by molar-refractivity contribution is -0.134. The van der Waals surface area contributed by atoms with Gasteiger partial charge in [0, 0.05) is 63.0 Å². The molecule has 0 radical (unpaired) electrons. The molecule has 3 aromatic heterocycles. The Morgan fingerprint density at radius 1 is 0.943 bits per heavy atom. The number of hydrogen-bond donors (Lipinski definition) is 0. The molecule has 0 N–H and O–H groups in total. The Kier molecular flexibility index (Phi) is 5.52. The number of hydrogen-bond acceptors (Lipinski definition) is 7. The zero-order chi connectivity index (χ0) is 23.8. The largest absolute Gasteiger partial charge is 0.367 e. The van der Waals surface area contributed by atoms with Crippen LogP contribution in [0, 0.1) is 0 Å². The minimum absolute atomic E-state index is 0.101. The number of fused-ring (bicyclic) bond motifs is 2. The summed E-state index contributed by atoms with van der Waals surface area (Å²) in [7, 11) is 0. The van der Waals surface area contributed by atoms with Crippen LogP contribution in [0.2, 0.25) is 0 Å². The van der Waals surface area contributed by atoms with E-state index in [4.69, 9.17) is 0 Å². The summed E-state index contributed by atoms with van der Waals surface area (Å²) in [6.45, 7) is 6.39. The lowest BCUT2D eigenvalue weighted by Crippen LogP contribution is -2.55. The topological polar surface area (TPSA) is 83.3 Å². The molecule has 2 aliphatic heterocycles. The highest BCUT2D eigenvalue weighted by Gasteiger charge is 2.30. The van der Waals surface area contributed by atoms with E-state index in [9.17, 15) is 4.79 Å². The number of imidazole rings is 1. The molecule has 1 atom stereocenters. The number of piperazine rings is 1. The van der Waals surface area contributed by atoms with E-state index < -0.39 is 0 Å². The standard InChI is InChI=1S/C26H28N8O/c1-19-15-31(13-14-34(19)24(35)17-33-18-30-22-6-3-9-27-25(22)33)23-7-2-5-20-8-12-32(16-21(20)23)26-28-10-4-11-29-26/h2-7,9-11,18-19H,8,12-17H2,1H3/t19-/m1/s1. The molecule has 5 heterocycles. The molecule has 4 aromatic rings. The third-order valence-corrected chi connectivity index (χ3v) is 7.05. The maximum Gasteiger partial charge on any atom is 0.242 e. The van der Waals surface area contributed by atoms with Gasteiger partial charge in [-0.3, -0.25) is 4.79 Å². The van der Waals surface area contributed by atoms with E-state index in [2.05, 4.69) is 54.9 Å². The first-order valence-corrected chi connectivity index (χ1v) is 12.1. The molecule has 1 aromatic carbocycles. The fourth-order valence-electron chi connectivity index (χ4n) is 5.28. The number of anilines is 2. The van der Waals surface area contributed by atoms with Crippen LogP contribution >= 0.6 is 0 Å². The molecule has 0 bridgehead atoms. The maximum atomic E-state index is 13.2. The molecule has 1 saturated heterocycles. The van der Waals surface area contributed by atoms with Gasteiger partial charge >= 0.3 is 0 Å². The van der Waals surface area contributed by atoms with Crippen LogP contribution in [0.25, 0.3) is 11.2 Å². The molecule has 178 valence electrons. The number of carbonyl (C=O) groups excluding carboxylic acids is 1. The van der Waals surface area contributed by atoms with Crippen LogP contribution in [-0.2, 0) is 24.3 Å². The number of benzene rings is 1. The smallest absolute Gasteiger partial charge is 0.242 e. The average Bonchev–Trinajstić information content (AvgIpc) is 3.31. The van der Waals surface area contributed by atoms with Gasteiger partial charge in [-0.05, 0) is 48.7 Å². The zero-order valence-electron chi connectivity index (χ0n) is 19.8. The summed E-state index contributed by atoms with van der Waals surface area (Å²) >= 11 is 0. The Balaban J connectivity index is 1.17. The highest BCUT2D eigenvalue weighted by Crippen LogP contribution is 2.32. The number of nitrogens with zero attached hydrogens (tertiary/aromatic N) is 8. The third kappa shape index (κ3) is 4.07. The van der Waals surface area contributed by atoms with Crippen LogP contribution in [0.1, 0.15) is 18.1 Å². The third-order valence-electron chi connectivity index (χ3n) is 7.05. The fraction of sp³-hybridized carbons (Fsp3) is 0.346. The van der Waals surface area contributed by atoms with Crippen molar-refractivity contribution in [3.63, 3.8) is 0 Å². The van der Waals surface area contributed by atoms with Crippen molar-refractivity contribution in [3.8, 4) is 0 Å². The second kappa shape index (κ2) is 8.98. The van der Waals surface area contributed by atoms with Crippen LogP contribution in [0.15, 0.2) is 61.3 Å². The molecule has 0 spiro atoms. The maximum absolute atomic E-state index is 13.2. The normalized spacial score (nSPS) is 18.1. The summed E-state index contributed by atoms with van der Waals surface area (Å²) < 4.78 is 1.84. The predicted molar refractivity (Wildman–Crippen MR) is 134 cm³/mol. The molecular weight excluding hydrogens is 440 g/mol. The summed E-state index contributed by atoms with van der Waals surface area (Å²) in [6, 6.07) is 12.3. The van der Waals surface area contributed by atoms with Crippen molar-refractivity contribution in [3.05, 3.63) is 72.4 Å². The summed E-state index contributed by atoms with van der Waals surface area (Å²) in [5.41, 5.74) is 5.54. The van der Waals surface area contributed by atoms with Gasteiger partial charge in [0.2, 0.25) is 11.9 Å². The molecule has 9 heteroatoms. The van der Waals surface area contributed by atoms with E-state index in [-0.39, 0.29) is 18.5 Å². The summed E-state index contributed by atoms with van der Waals surface area (Å²) in [5, 5.41) is 0. The van der Waals surface area contributed by atoms with E-state index in [1.54, 1.807) is 24.9 Å². The lowest BCUT2D eigenvalue weighted by Gasteiger charge is -2.42. The van der Waals surface area contributed by atoms with Gasteiger partial charge in [0.25, 0.3) is 0 Å². The van der Waals surface area contributed by atoms with Gasteiger partial charge in [-0.1, -0.05) is 12.1 Å². The van der Waals surface area contributed by atoms with Crippen LogP contribution in [0.4, 0.5) is 11.6 Å². The van der Waals surface area contributed by atoms with Gasteiger partial charge in [0.1, 0.15) is 12.1 Å². The number of aromatic nitrogens is 5. The van der Waals surface area contributed by atoms with E-state index in [1.807, 2.05) is 27.7 Å². The second-order valence-corrected chi connectivity index (χ2v) is 9.24. The van der Waals surface area contributed by atoms with E-state index in [0.717, 1.165) is 49.7 Å². The van der Waals surface area contributed by atoms with Gasteiger partial charge in [0.05, 0.1) is 6.33 Å². The van der Waals surface area contributed by atoms with Gasteiger partial charge in [-0.15, -0.1) is 0 Å². The lowest BCUT2D eigenvalue weighted by atomic mass is 9.96. The highest BCUT2D eigenvalue weighted by atomic mass is 16.2. The van der Waals surface area contributed by atoms with Crippen molar-refractivity contribution >= 4 is 28.7 Å². The monoisotopic (exact) mass is 468 g/mol. The number of amides is 1. The Bertz CT molecular complexity index is 1350. The molecule has 35 heavy (non-hydrogen) atoms. The van der Waals surface area contributed by atoms with Crippen molar-refractivity contribution in [1.82, 2.24) is 29.4 Å². The van der Waals surface area contributed by atoms with Crippen molar-refractivity contribution in [1.29, 1.82) is 0 Å². The molecular formula is C26H28N8O. The SMILES string of the molecule is C[C@@H]1CN(c2cccc3c2CN(c2ncccn2)CC3)CCN1C(=O)Cn1cnc2cccnc21. The van der Waals surface area contributed by atoms with Gasteiger partial charge in [-0.25, -0.2) is 19.9 Å². The Morgan fingerprint density at radius 2 is 1.80 bits per heavy atom. The Labute approximate surface area is 204 Å². The first kappa shape index (κ1) is 21.5. The molecule has 0 saturated carbocycles. The predicted octanol–water partition coefficient (Wildman–Crippen LogP) is 2.52. The Hall–Kier alpha value is -4.01. The van der Waals surface area contributed by atoms with Gasteiger partial charge in [0.15, 0.2) is 5.65 Å². The molecule has 1 fully saturated rings. The van der Waals surface area contributed by atoms with Crippen LogP contribution in [0.5, 0.6) is 0 Å². The van der Waals surface area contributed by atoms with Crippen molar-refractivity contribution < 1.29 is 4.79 Å². The van der Waals surface area contributed by atoms with Crippen molar-refractivity contribution in [2.24, 2.45) is 0 Å². The van der Waals surface area contributed by atoms with E-state index in [1.165, 1.54) is 16.8 Å². The van der Waals surface area contributed by atoms with Crippen LogP contribution in [-0.4, -0.2) is 67.5 Å². The molecule has 6 rings (SSSR count). The van der Waals surface area contributed by atoms with Crippen LogP contribution < -0.4 is 9.80 Å². The number of rotatable bonds is 4. The molecule has 1 amide bonds. The second-order valence-electron chi connectivity index (χ2n) is 9.24. The summed E-state index contributed by atoms with van der Waals surface area (Å²) in [5.74, 6) is 0.878. The van der Waals surface area contributed by atoms with E-state index in [0.29, 0.717) is 6.54 Å².